The monoisotopic (exact) mass is 490 g/mol. The molecule has 3 aliphatic heterocycles. The van der Waals surface area contributed by atoms with Gasteiger partial charge in [0.25, 0.3) is 0 Å². The van der Waals surface area contributed by atoms with Crippen molar-refractivity contribution in [2.75, 3.05) is 13.1 Å². The first kappa shape index (κ1) is 23.9. The number of carbonyl (C=O) groups excluding carboxylic acids is 1. The molecule has 0 aliphatic carbocycles. The van der Waals surface area contributed by atoms with Crippen LogP contribution in [-0.2, 0) is 9.53 Å². The first-order valence-electron chi connectivity index (χ1n) is 13.6. The molecule has 3 fully saturated rings. The molecule has 4 aromatic rings. The lowest BCUT2D eigenvalue weighted by Crippen LogP contribution is -2.55. The minimum atomic E-state index is -0.475. The molecule has 4 nitrogen and oxygen atoms in total. The molecule has 7 rings (SSSR count). The second-order valence-electron chi connectivity index (χ2n) is 10.5. The average molecular weight is 491 g/mol. The number of fused-ring (bicyclic) bond motifs is 4. The molecule has 2 bridgehead atoms. The van der Waals surface area contributed by atoms with Gasteiger partial charge in [-0.2, -0.15) is 0 Å². The Balaban J connectivity index is 1.41. The summed E-state index contributed by atoms with van der Waals surface area (Å²) in [5, 5.41) is 1.06. The third-order valence-electron chi connectivity index (χ3n) is 8.54. The van der Waals surface area contributed by atoms with Crippen LogP contribution in [0.15, 0.2) is 97.2 Å². The van der Waals surface area contributed by atoms with E-state index in [-0.39, 0.29) is 18.1 Å². The zero-order valence-electron chi connectivity index (χ0n) is 21.4. The van der Waals surface area contributed by atoms with Gasteiger partial charge in [0, 0.05) is 23.7 Å². The van der Waals surface area contributed by atoms with E-state index in [0.29, 0.717) is 5.92 Å². The normalized spacial score (nSPS) is 23.7. The van der Waals surface area contributed by atoms with Crippen molar-refractivity contribution < 1.29 is 9.53 Å². The third kappa shape index (κ3) is 4.67. The molecule has 3 aromatic carbocycles. The Morgan fingerprint density at radius 1 is 0.946 bits per heavy atom. The molecule has 0 radical (unpaired) electrons. The summed E-state index contributed by atoms with van der Waals surface area (Å²) >= 11 is 0. The topological polar surface area (TPSA) is 42.4 Å². The predicted molar refractivity (Wildman–Crippen MR) is 147 cm³/mol. The van der Waals surface area contributed by atoms with Crippen molar-refractivity contribution in [2.45, 2.75) is 44.2 Å². The molecule has 3 aliphatic rings. The molecule has 3 saturated heterocycles. The SMILES string of the molecule is CC[C@H]1CN2CC[C@H]1C[C@@H]2[C@@H](OC(=O)C(c1ccccc1)c1ccccc1)c1ccnc2ccccc12. The largest absolute Gasteiger partial charge is 0.455 e. The van der Waals surface area contributed by atoms with Gasteiger partial charge < -0.3 is 4.74 Å². The van der Waals surface area contributed by atoms with E-state index < -0.39 is 5.92 Å². The molecule has 0 spiro atoms. The predicted octanol–water partition coefficient (Wildman–Crippen LogP) is 6.77. The van der Waals surface area contributed by atoms with Crippen LogP contribution < -0.4 is 0 Å². The number of aromatic nitrogens is 1. The van der Waals surface area contributed by atoms with Gasteiger partial charge in [-0.3, -0.25) is 14.7 Å². The molecular weight excluding hydrogens is 456 g/mol. The van der Waals surface area contributed by atoms with E-state index in [2.05, 4.69) is 28.9 Å². The van der Waals surface area contributed by atoms with Crippen LogP contribution in [0.1, 0.15) is 54.9 Å². The minimum Gasteiger partial charge on any atom is -0.455 e. The second-order valence-corrected chi connectivity index (χ2v) is 10.5. The number of carbonyl (C=O) groups is 1. The van der Waals surface area contributed by atoms with Crippen molar-refractivity contribution in [3.8, 4) is 0 Å². The quantitative estimate of drug-likeness (QED) is 0.268. The fourth-order valence-corrected chi connectivity index (χ4v) is 6.62. The van der Waals surface area contributed by atoms with Crippen LogP contribution >= 0.6 is 0 Å². The fourth-order valence-electron chi connectivity index (χ4n) is 6.62. The summed E-state index contributed by atoms with van der Waals surface area (Å²) in [5.74, 6) is 0.750. The van der Waals surface area contributed by atoms with Crippen molar-refractivity contribution in [1.82, 2.24) is 9.88 Å². The van der Waals surface area contributed by atoms with Crippen molar-refractivity contribution in [2.24, 2.45) is 11.8 Å². The number of para-hydroxylation sites is 1. The van der Waals surface area contributed by atoms with Crippen LogP contribution in [0, 0.1) is 11.8 Å². The maximum atomic E-state index is 14.2. The number of hydrogen-bond donors (Lipinski definition) is 0. The standard InChI is InChI=1S/C33H34N2O2/c1-2-23-22-35-20-18-26(23)21-30(35)32(28-17-19-34-29-16-10-9-15-27(28)29)37-33(36)31(24-11-5-3-6-12-24)25-13-7-4-8-14-25/h3-17,19,23,26,30-32H,2,18,20-22H2,1H3/t23-,26-,30+,32-/m0/s1. The Bertz CT molecular complexity index is 1310. The number of pyridine rings is 1. The third-order valence-corrected chi connectivity index (χ3v) is 8.54. The molecule has 0 saturated carbocycles. The number of hydrogen-bond acceptors (Lipinski definition) is 4. The zero-order valence-corrected chi connectivity index (χ0v) is 21.4. The molecule has 1 aromatic heterocycles. The van der Waals surface area contributed by atoms with Crippen LogP contribution in [-0.4, -0.2) is 35.0 Å². The highest BCUT2D eigenvalue weighted by molar-refractivity contribution is 5.85. The summed E-state index contributed by atoms with van der Waals surface area (Å²) in [6.45, 7) is 4.47. The number of piperidine rings is 3. The van der Waals surface area contributed by atoms with E-state index in [1.807, 2.05) is 85.1 Å². The Morgan fingerprint density at radius 3 is 2.27 bits per heavy atom. The summed E-state index contributed by atoms with van der Waals surface area (Å²) in [5.41, 5.74) is 3.90. The molecule has 1 unspecified atom stereocenters. The number of ether oxygens (including phenoxy) is 1. The van der Waals surface area contributed by atoms with Gasteiger partial charge in [0.05, 0.1) is 11.6 Å². The number of esters is 1. The minimum absolute atomic E-state index is 0.170. The number of nitrogens with zero attached hydrogens (tertiary/aromatic N) is 2. The molecule has 37 heavy (non-hydrogen) atoms. The summed E-state index contributed by atoms with van der Waals surface area (Å²) in [4.78, 5) is 21.4. The van der Waals surface area contributed by atoms with Crippen molar-refractivity contribution in [3.05, 3.63) is 114 Å². The van der Waals surface area contributed by atoms with Crippen molar-refractivity contribution in [1.29, 1.82) is 0 Å². The average Bonchev–Trinajstić information content (AvgIpc) is 2.97. The van der Waals surface area contributed by atoms with Gasteiger partial charge in [-0.15, -0.1) is 0 Å². The van der Waals surface area contributed by atoms with E-state index in [4.69, 9.17) is 4.74 Å². The van der Waals surface area contributed by atoms with Crippen molar-refractivity contribution >= 4 is 16.9 Å². The van der Waals surface area contributed by atoms with Gasteiger partial charge in [0.15, 0.2) is 0 Å². The van der Waals surface area contributed by atoms with Gasteiger partial charge in [-0.1, -0.05) is 92.2 Å². The lowest BCUT2D eigenvalue weighted by Gasteiger charge is -2.51. The smallest absolute Gasteiger partial charge is 0.318 e. The molecule has 4 heteroatoms. The van der Waals surface area contributed by atoms with Crippen LogP contribution in [0.3, 0.4) is 0 Å². The Kier molecular flexibility index (Phi) is 6.75. The molecule has 188 valence electrons. The number of benzene rings is 3. The van der Waals surface area contributed by atoms with Gasteiger partial charge in [0.1, 0.15) is 12.0 Å². The molecule has 0 amide bonds. The van der Waals surface area contributed by atoms with Crippen LogP contribution in [0.25, 0.3) is 10.9 Å². The maximum Gasteiger partial charge on any atom is 0.318 e. The lowest BCUT2D eigenvalue weighted by molar-refractivity contribution is -0.158. The summed E-state index contributed by atoms with van der Waals surface area (Å²) in [6.07, 6.45) is 5.02. The van der Waals surface area contributed by atoms with E-state index >= 15 is 0 Å². The highest BCUT2D eigenvalue weighted by Crippen LogP contribution is 2.44. The molecular formula is C33H34N2O2. The zero-order chi connectivity index (χ0) is 25.2. The van der Waals surface area contributed by atoms with Crippen molar-refractivity contribution in [3.63, 3.8) is 0 Å². The second kappa shape index (κ2) is 10.5. The van der Waals surface area contributed by atoms with Crippen LogP contribution in [0.5, 0.6) is 0 Å². The molecule has 4 heterocycles. The van der Waals surface area contributed by atoms with Crippen LogP contribution in [0.2, 0.25) is 0 Å². The fraction of sp³-hybridized carbons (Fsp3) is 0.333. The summed E-state index contributed by atoms with van der Waals surface area (Å²) in [6, 6.07) is 30.4. The Hall–Kier alpha value is -3.50. The van der Waals surface area contributed by atoms with E-state index in [0.717, 1.165) is 53.0 Å². The number of rotatable bonds is 7. The van der Waals surface area contributed by atoms with E-state index in [1.54, 1.807) is 0 Å². The highest BCUT2D eigenvalue weighted by atomic mass is 16.5. The van der Waals surface area contributed by atoms with Gasteiger partial charge in [0.2, 0.25) is 0 Å². The van der Waals surface area contributed by atoms with Gasteiger partial charge in [-0.25, -0.2) is 0 Å². The summed E-state index contributed by atoms with van der Waals surface area (Å²) in [7, 11) is 0. The van der Waals surface area contributed by atoms with Crippen LogP contribution in [0.4, 0.5) is 0 Å². The summed E-state index contributed by atoms with van der Waals surface area (Å²) < 4.78 is 6.67. The first-order valence-corrected chi connectivity index (χ1v) is 13.6. The highest BCUT2D eigenvalue weighted by Gasteiger charge is 2.45. The lowest BCUT2D eigenvalue weighted by atomic mass is 9.72. The van der Waals surface area contributed by atoms with E-state index in [1.165, 1.54) is 12.8 Å². The molecule has 5 atom stereocenters. The molecule has 0 N–H and O–H groups in total. The first-order chi connectivity index (χ1) is 18.2. The Labute approximate surface area is 219 Å². The maximum absolute atomic E-state index is 14.2. The van der Waals surface area contributed by atoms with Gasteiger partial charge >= 0.3 is 5.97 Å². The van der Waals surface area contributed by atoms with E-state index in [9.17, 15) is 4.79 Å². The van der Waals surface area contributed by atoms with Gasteiger partial charge in [-0.05, 0) is 54.5 Å². The Morgan fingerprint density at radius 2 is 1.62 bits per heavy atom.